The number of allylic oxidation sites excluding steroid dienone is 1. The first kappa shape index (κ1) is 13.9. The number of benzene rings is 2. The van der Waals surface area contributed by atoms with Crippen LogP contribution in [0.1, 0.15) is 27.0 Å². The van der Waals surface area contributed by atoms with Gasteiger partial charge in [0, 0.05) is 11.6 Å². The Morgan fingerprint density at radius 3 is 2.40 bits per heavy atom. The van der Waals surface area contributed by atoms with Crippen molar-refractivity contribution in [3.63, 3.8) is 0 Å². The second-order valence-electron chi connectivity index (χ2n) is 4.78. The lowest BCUT2D eigenvalue weighted by atomic mass is 10.0. The van der Waals surface area contributed by atoms with E-state index < -0.39 is 5.78 Å². The highest BCUT2D eigenvalue weighted by atomic mass is 16.3. The lowest BCUT2D eigenvalue weighted by molar-refractivity contribution is 0.104. The fraction of sp³-hybridized carbons (Fsp3) is 0.118. The van der Waals surface area contributed by atoms with Crippen molar-refractivity contribution in [3.8, 4) is 5.75 Å². The summed E-state index contributed by atoms with van der Waals surface area (Å²) in [6.45, 7) is 3.73. The first-order valence-corrected chi connectivity index (χ1v) is 6.29. The topological polar surface area (TPSA) is 57.5 Å². The molecule has 102 valence electrons. The molecule has 0 heterocycles. The zero-order chi connectivity index (χ0) is 14.7. The smallest absolute Gasteiger partial charge is 0.193 e. The van der Waals surface area contributed by atoms with Crippen molar-refractivity contribution in [1.82, 2.24) is 0 Å². The average molecular weight is 268 g/mol. The van der Waals surface area contributed by atoms with Gasteiger partial charge in [-0.15, -0.1) is 0 Å². The van der Waals surface area contributed by atoms with Crippen LogP contribution in [-0.4, -0.2) is 16.0 Å². The summed E-state index contributed by atoms with van der Waals surface area (Å²) in [4.78, 5) is 12.0. The molecule has 2 aromatic rings. The number of phenolic OH excluding ortho intramolecular Hbond substituents is 1. The largest absolute Gasteiger partial charge is 0.507 e. The summed E-state index contributed by atoms with van der Waals surface area (Å²) in [5.74, 6) is -0.622. The molecule has 3 heteroatoms. The minimum atomic E-state index is -0.429. The van der Waals surface area contributed by atoms with E-state index in [0.29, 0.717) is 5.56 Å². The molecule has 0 radical (unpaired) electrons. The molecular formula is C17H16O3. The molecule has 0 aliphatic rings. The molecule has 3 nitrogen and oxygen atoms in total. The van der Waals surface area contributed by atoms with Crippen LogP contribution in [0.5, 0.6) is 5.75 Å². The van der Waals surface area contributed by atoms with Gasteiger partial charge in [0.25, 0.3) is 0 Å². The van der Waals surface area contributed by atoms with Crippen molar-refractivity contribution < 1.29 is 15.0 Å². The van der Waals surface area contributed by atoms with Crippen molar-refractivity contribution in [2.75, 3.05) is 0 Å². The Labute approximate surface area is 117 Å². The maximum absolute atomic E-state index is 12.0. The molecule has 0 unspecified atom stereocenters. The number of carbonyl (C=O) groups excluding carboxylic acids is 1. The molecule has 0 saturated carbocycles. The number of aliphatic hydroxyl groups is 1. The maximum atomic E-state index is 12.0. The van der Waals surface area contributed by atoms with Gasteiger partial charge in [-0.2, -0.15) is 0 Å². The minimum absolute atomic E-state index is 0.0803. The van der Waals surface area contributed by atoms with Crippen molar-refractivity contribution >= 4 is 11.5 Å². The molecule has 0 spiro atoms. The molecule has 0 fully saturated rings. The van der Waals surface area contributed by atoms with Crippen LogP contribution in [0.25, 0.3) is 5.76 Å². The number of hydrogen-bond acceptors (Lipinski definition) is 3. The number of phenols is 1. The van der Waals surface area contributed by atoms with Crippen LogP contribution in [-0.2, 0) is 0 Å². The normalized spacial score (nSPS) is 11.4. The van der Waals surface area contributed by atoms with E-state index in [1.165, 1.54) is 6.07 Å². The van der Waals surface area contributed by atoms with Crippen LogP contribution in [0, 0.1) is 13.8 Å². The van der Waals surface area contributed by atoms with Crippen LogP contribution >= 0.6 is 0 Å². The zero-order valence-corrected chi connectivity index (χ0v) is 11.4. The van der Waals surface area contributed by atoms with Gasteiger partial charge in [0.2, 0.25) is 0 Å². The van der Waals surface area contributed by atoms with E-state index in [-0.39, 0.29) is 17.1 Å². The van der Waals surface area contributed by atoms with Crippen LogP contribution in [0.4, 0.5) is 0 Å². The SMILES string of the molecule is Cc1cccc(/C(O)=C\C(=O)c2ccc(C)cc2O)c1. The summed E-state index contributed by atoms with van der Waals surface area (Å²) in [5.41, 5.74) is 2.61. The molecule has 2 N–H and O–H groups in total. The highest BCUT2D eigenvalue weighted by Gasteiger charge is 2.10. The van der Waals surface area contributed by atoms with Crippen molar-refractivity contribution in [2.45, 2.75) is 13.8 Å². The van der Waals surface area contributed by atoms with E-state index in [2.05, 4.69) is 0 Å². The molecule has 2 aromatic carbocycles. The Bertz CT molecular complexity index is 684. The van der Waals surface area contributed by atoms with E-state index in [9.17, 15) is 15.0 Å². The summed E-state index contributed by atoms with van der Waals surface area (Å²) in [5, 5.41) is 19.7. The van der Waals surface area contributed by atoms with Gasteiger partial charge in [-0.05, 0) is 37.6 Å². The van der Waals surface area contributed by atoms with Crippen LogP contribution in [0.3, 0.4) is 0 Å². The number of carbonyl (C=O) groups is 1. The van der Waals surface area contributed by atoms with Crippen LogP contribution in [0.15, 0.2) is 48.5 Å². The first-order chi connectivity index (χ1) is 9.47. The standard InChI is InChI=1S/C17H16O3/c1-11-4-3-5-13(8-11)15(18)10-17(20)14-7-6-12(2)9-16(14)19/h3-10,18-19H,1-2H3/b15-10+. The second kappa shape index (κ2) is 5.61. The van der Waals surface area contributed by atoms with Gasteiger partial charge in [-0.25, -0.2) is 0 Å². The third kappa shape index (κ3) is 3.06. The molecule has 0 aliphatic carbocycles. The lowest BCUT2D eigenvalue weighted by Gasteiger charge is -2.04. The van der Waals surface area contributed by atoms with Crippen LogP contribution in [0.2, 0.25) is 0 Å². The zero-order valence-electron chi connectivity index (χ0n) is 11.4. The molecule has 0 saturated heterocycles. The van der Waals surface area contributed by atoms with Gasteiger partial charge in [0.1, 0.15) is 11.5 Å². The Hall–Kier alpha value is -2.55. The Morgan fingerprint density at radius 2 is 1.75 bits per heavy atom. The van der Waals surface area contributed by atoms with Gasteiger partial charge in [-0.1, -0.05) is 29.8 Å². The third-order valence-corrected chi connectivity index (χ3v) is 3.00. The summed E-state index contributed by atoms with van der Waals surface area (Å²) in [6.07, 6.45) is 1.12. The minimum Gasteiger partial charge on any atom is -0.507 e. The van der Waals surface area contributed by atoms with E-state index in [1.807, 2.05) is 26.0 Å². The number of aryl methyl sites for hydroxylation is 2. The summed E-state index contributed by atoms with van der Waals surface area (Å²) in [6, 6.07) is 12.0. The van der Waals surface area contributed by atoms with E-state index in [0.717, 1.165) is 17.2 Å². The maximum Gasteiger partial charge on any atom is 0.193 e. The number of aromatic hydroxyl groups is 1. The van der Waals surface area contributed by atoms with Crippen LogP contribution < -0.4 is 0 Å². The van der Waals surface area contributed by atoms with Gasteiger partial charge in [0.05, 0.1) is 5.56 Å². The summed E-state index contributed by atoms with van der Waals surface area (Å²) < 4.78 is 0. The molecular weight excluding hydrogens is 252 g/mol. The van der Waals surface area contributed by atoms with Gasteiger partial charge in [0.15, 0.2) is 5.78 Å². The van der Waals surface area contributed by atoms with Gasteiger partial charge in [-0.3, -0.25) is 4.79 Å². The van der Waals surface area contributed by atoms with Gasteiger partial charge < -0.3 is 10.2 Å². The molecule has 20 heavy (non-hydrogen) atoms. The fourth-order valence-electron chi connectivity index (χ4n) is 1.94. The third-order valence-electron chi connectivity index (χ3n) is 3.00. The van der Waals surface area contributed by atoms with E-state index in [4.69, 9.17) is 0 Å². The Kier molecular flexibility index (Phi) is 3.89. The lowest BCUT2D eigenvalue weighted by Crippen LogP contribution is -1.97. The average Bonchev–Trinajstić information content (AvgIpc) is 2.38. The molecule has 0 amide bonds. The Morgan fingerprint density at radius 1 is 1.05 bits per heavy atom. The predicted molar refractivity (Wildman–Crippen MR) is 79.0 cm³/mol. The second-order valence-corrected chi connectivity index (χ2v) is 4.78. The van der Waals surface area contributed by atoms with Crippen molar-refractivity contribution in [2.24, 2.45) is 0 Å². The monoisotopic (exact) mass is 268 g/mol. The van der Waals surface area contributed by atoms with E-state index in [1.54, 1.807) is 24.3 Å². The Balaban J connectivity index is 2.32. The van der Waals surface area contributed by atoms with Gasteiger partial charge >= 0.3 is 0 Å². The fourth-order valence-corrected chi connectivity index (χ4v) is 1.94. The molecule has 0 aromatic heterocycles. The summed E-state index contributed by atoms with van der Waals surface area (Å²) in [7, 11) is 0. The highest BCUT2D eigenvalue weighted by Crippen LogP contribution is 2.21. The number of aliphatic hydroxyl groups excluding tert-OH is 1. The summed E-state index contributed by atoms with van der Waals surface area (Å²) >= 11 is 0. The van der Waals surface area contributed by atoms with Crippen molar-refractivity contribution in [1.29, 1.82) is 0 Å². The molecule has 0 aliphatic heterocycles. The number of ketones is 1. The first-order valence-electron chi connectivity index (χ1n) is 6.29. The molecule has 0 atom stereocenters. The van der Waals surface area contributed by atoms with Crippen molar-refractivity contribution in [3.05, 3.63) is 70.8 Å². The number of hydrogen-bond donors (Lipinski definition) is 2. The number of rotatable bonds is 3. The highest BCUT2D eigenvalue weighted by molar-refractivity contribution is 6.09. The molecule has 0 bridgehead atoms. The quantitative estimate of drug-likeness (QED) is 0.506. The van der Waals surface area contributed by atoms with E-state index >= 15 is 0 Å². The molecule has 2 rings (SSSR count). The predicted octanol–water partition coefficient (Wildman–Crippen LogP) is 3.79.